The zero-order valence-corrected chi connectivity index (χ0v) is 16.0. The summed E-state index contributed by atoms with van der Waals surface area (Å²) in [5.41, 5.74) is 3.54. The van der Waals surface area contributed by atoms with E-state index in [1.807, 2.05) is 11.0 Å². The van der Waals surface area contributed by atoms with E-state index in [4.69, 9.17) is 9.47 Å². The summed E-state index contributed by atoms with van der Waals surface area (Å²) in [7, 11) is 3.19. The number of fused-ring (bicyclic) bond motifs is 1. The monoisotopic (exact) mass is 366 g/mol. The molecule has 142 valence electrons. The maximum absolute atomic E-state index is 13.0. The standard InChI is InChI=1S/C22H26N2O3/c1-26-20-8-7-17(13-21(20)27-2)22(25)24-12-10-19(15-24)23-11-9-16-5-3-4-6-18(16)14-23/h3-8,13,19H,9-12,14-15H2,1-2H3. The van der Waals surface area contributed by atoms with E-state index in [0.717, 1.165) is 39.0 Å². The van der Waals surface area contributed by atoms with Crippen molar-refractivity contribution in [1.82, 2.24) is 9.80 Å². The fourth-order valence-corrected chi connectivity index (χ4v) is 4.21. The highest BCUT2D eigenvalue weighted by Gasteiger charge is 2.32. The molecule has 1 amide bonds. The van der Waals surface area contributed by atoms with Crippen molar-refractivity contribution in [2.75, 3.05) is 33.9 Å². The van der Waals surface area contributed by atoms with Crippen LogP contribution >= 0.6 is 0 Å². The number of ether oxygens (including phenoxy) is 2. The Morgan fingerprint density at radius 3 is 2.56 bits per heavy atom. The molecule has 2 aromatic carbocycles. The molecule has 0 aliphatic carbocycles. The number of nitrogens with zero attached hydrogens (tertiary/aromatic N) is 2. The molecule has 1 fully saturated rings. The summed E-state index contributed by atoms with van der Waals surface area (Å²) in [6.45, 7) is 3.64. The number of benzene rings is 2. The average molecular weight is 366 g/mol. The lowest BCUT2D eigenvalue weighted by Crippen LogP contribution is -2.41. The van der Waals surface area contributed by atoms with Crippen molar-refractivity contribution in [2.24, 2.45) is 0 Å². The highest BCUT2D eigenvalue weighted by atomic mass is 16.5. The number of methoxy groups -OCH3 is 2. The van der Waals surface area contributed by atoms with Crippen molar-refractivity contribution >= 4 is 5.91 Å². The van der Waals surface area contributed by atoms with Crippen LogP contribution in [0.5, 0.6) is 11.5 Å². The fourth-order valence-electron chi connectivity index (χ4n) is 4.21. The quantitative estimate of drug-likeness (QED) is 0.834. The molecular formula is C22H26N2O3. The van der Waals surface area contributed by atoms with Gasteiger partial charge < -0.3 is 14.4 Å². The van der Waals surface area contributed by atoms with E-state index < -0.39 is 0 Å². The summed E-state index contributed by atoms with van der Waals surface area (Å²) in [5.74, 6) is 1.29. The zero-order valence-electron chi connectivity index (χ0n) is 16.0. The molecule has 2 heterocycles. The van der Waals surface area contributed by atoms with Crippen LogP contribution in [0.15, 0.2) is 42.5 Å². The maximum Gasteiger partial charge on any atom is 0.254 e. The van der Waals surface area contributed by atoms with Crippen molar-refractivity contribution in [2.45, 2.75) is 25.4 Å². The molecule has 1 atom stereocenters. The Balaban J connectivity index is 1.43. The molecule has 0 radical (unpaired) electrons. The van der Waals surface area contributed by atoms with Crippen LogP contribution < -0.4 is 9.47 Å². The first-order chi connectivity index (χ1) is 13.2. The summed E-state index contributed by atoms with van der Waals surface area (Å²) in [5, 5.41) is 0. The Morgan fingerprint density at radius 1 is 1.00 bits per heavy atom. The first-order valence-corrected chi connectivity index (χ1v) is 9.51. The predicted molar refractivity (Wildman–Crippen MR) is 104 cm³/mol. The van der Waals surface area contributed by atoms with Crippen molar-refractivity contribution in [3.05, 3.63) is 59.2 Å². The van der Waals surface area contributed by atoms with Gasteiger partial charge in [-0.15, -0.1) is 0 Å². The first kappa shape index (κ1) is 17.9. The SMILES string of the molecule is COc1ccc(C(=O)N2CCC(N3CCc4ccccc4C3)C2)cc1OC. The predicted octanol–water partition coefficient (Wildman–Crippen LogP) is 2.98. The van der Waals surface area contributed by atoms with Gasteiger partial charge in [0.1, 0.15) is 0 Å². The van der Waals surface area contributed by atoms with Crippen molar-refractivity contribution in [3.63, 3.8) is 0 Å². The number of rotatable bonds is 4. The van der Waals surface area contributed by atoms with Gasteiger partial charge in [-0.3, -0.25) is 9.69 Å². The second-order valence-electron chi connectivity index (χ2n) is 7.25. The fraction of sp³-hybridized carbons (Fsp3) is 0.409. The van der Waals surface area contributed by atoms with Crippen LogP contribution in [0.1, 0.15) is 27.9 Å². The molecule has 0 aromatic heterocycles. The topological polar surface area (TPSA) is 42.0 Å². The molecule has 1 unspecified atom stereocenters. The van der Waals surface area contributed by atoms with Gasteiger partial charge in [0.05, 0.1) is 14.2 Å². The van der Waals surface area contributed by atoms with Crippen molar-refractivity contribution in [1.29, 1.82) is 0 Å². The van der Waals surface area contributed by atoms with E-state index in [1.54, 1.807) is 26.4 Å². The van der Waals surface area contributed by atoms with E-state index in [-0.39, 0.29) is 5.91 Å². The van der Waals surface area contributed by atoms with Crippen LogP contribution in [0.25, 0.3) is 0 Å². The Bertz CT molecular complexity index is 836. The van der Waals surface area contributed by atoms with E-state index in [9.17, 15) is 4.79 Å². The molecule has 2 aliphatic heterocycles. The third-order valence-electron chi connectivity index (χ3n) is 5.76. The Hall–Kier alpha value is -2.53. The average Bonchev–Trinajstić information content (AvgIpc) is 3.22. The van der Waals surface area contributed by atoms with E-state index in [2.05, 4.69) is 29.2 Å². The van der Waals surface area contributed by atoms with E-state index in [0.29, 0.717) is 23.1 Å². The number of likely N-dealkylation sites (tertiary alicyclic amines) is 1. The maximum atomic E-state index is 13.0. The zero-order chi connectivity index (χ0) is 18.8. The molecule has 1 saturated heterocycles. The molecule has 5 heteroatoms. The van der Waals surface area contributed by atoms with Gasteiger partial charge in [-0.1, -0.05) is 24.3 Å². The van der Waals surface area contributed by atoms with Gasteiger partial charge >= 0.3 is 0 Å². The van der Waals surface area contributed by atoms with Crippen LogP contribution in [-0.4, -0.2) is 55.6 Å². The van der Waals surface area contributed by atoms with Crippen LogP contribution in [0.3, 0.4) is 0 Å². The third kappa shape index (κ3) is 3.52. The summed E-state index contributed by atoms with van der Waals surface area (Å²) in [4.78, 5) is 17.4. The molecule has 5 nitrogen and oxygen atoms in total. The van der Waals surface area contributed by atoms with Crippen molar-refractivity contribution in [3.8, 4) is 11.5 Å². The van der Waals surface area contributed by atoms with Crippen molar-refractivity contribution < 1.29 is 14.3 Å². The van der Waals surface area contributed by atoms with Gasteiger partial charge in [0.25, 0.3) is 5.91 Å². The number of hydrogen-bond donors (Lipinski definition) is 0. The van der Waals surface area contributed by atoms with Crippen LogP contribution in [0.2, 0.25) is 0 Å². The second kappa shape index (κ2) is 7.61. The lowest BCUT2D eigenvalue weighted by atomic mass is 9.98. The van der Waals surface area contributed by atoms with Gasteiger partial charge in [-0.25, -0.2) is 0 Å². The van der Waals surface area contributed by atoms with Gasteiger partial charge in [0.2, 0.25) is 0 Å². The molecule has 0 spiro atoms. The smallest absolute Gasteiger partial charge is 0.254 e. The normalized spacial score (nSPS) is 19.6. The van der Waals surface area contributed by atoms with Gasteiger partial charge in [-0.2, -0.15) is 0 Å². The highest BCUT2D eigenvalue weighted by Crippen LogP contribution is 2.29. The largest absolute Gasteiger partial charge is 0.493 e. The molecule has 0 saturated carbocycles. The summed E-state index contributed by atoms with van der Waals surface area (Å²) >= 11 is 0. The summed E-state index contributed by atoms with van der Waals surface area (Å²) < 4.78 is 10.6. The summed E-state index contributed by atoms with van der Waals surface area (Å²) in [6, 6.07) is 14.5. The number of carbonyl (C=O) groups excluding carboxylic acids is 1. The lowest BCUT2D eigenvalue weighted by Gasteiger charge is -2.33. The highest BCUT2D eigenvalue weighted by molar-refractivity contribution is 5.95. The molecule has 0 bridgehead atoms. The third-order valence-corrected chi connectivity index (χ3v) is 5.76. The van der Waals surface area contributed by atoms with Gasteiger partial charge in [0, 0.05) is 37.8 Å². The Morgan fingerprint density at radius 2 is 1.78 bits per heavy atom. The number of hydrogen-bond acceptors (Lipinski definition) is 4. The molecule has 2 aliphatic rings. The minimum absolute atomic E-state index is 0.0656. The van der Waals surface area contributed by atoms with E-state index >= 15 is 0 Å². The number of amides is 1. The minimum Gasteiger partial charge on any atom is -0.493 e. The molecule has 4 rings (SSSR count). The molecular weight excluding hydrogens is 340 g/mol. The Labute approximate surface area is 160 Å². The second-order valence-corrected chi connectivity index (χ2v) is 7.25. The van der Waals surface area contributed by atoms with Crippen LogP contribution in [-0.2, 0) is 13.0 Å². The molecule has 27 heavy (non-hydrogen) atoms. The number of carbonyl (C=O) groups is 1. The summed E-state index contributed by atoms with van der Waals surface area (Å²) in [6.07, 6.45) is 2.12. The minimum atomic E-state index is 0.0656. The molecule has 2 aromatic rings. The van der Waals surface area contributed by atoms with E-state index in [1.165, 1.54) is 11.1 Å². The van der Waals surface area contributed by atoms with Crippen LogP contribution in [0.4, 0.5) is 0 Å². The first-order valence-electron chi connectivity index (χ1n) is 9.51. The van der Waals surface area contributed by atoms with Gasteiger partial charge in [0.15, 0.2) is 11.5 Å². The van der Waals surface area contributed by atoms with Gasteiger partial charge in [-0.05, 0) is 42.2 Å². The lowest BCUT2D eigenvalue weighted by molar-refractivity contribution is 0.0773. The Kier molecular flexibility index (Phi) is 5.03. The van der Waals surface area contributed by atoms with Crippen LogP contribution in [0, 0.1) is 0 Å². The molecule has 0 N–H and O–H groups in total.